The molecule has 0 aliphatic carbocycles. The van der Waals surface area contributed by atoms with Crippen LogP contribution < -0.4 is 21.7 Å². The van der Waals surface area contributed by atoms with Crippen molar-refractivity contribution in [3.05, 3.63) is 65.4 Å². The molecule has 2 aromatic carbocycles. The van der Waals surface area contributed by atoms with Gasteiger partial charge in [-0.15, -0.1) is 0 Å². The van der Waals surface area contributed by atoms with Crippen molar-refractivity contribution in [1.82, 2.24) is 4.98 Å². The molecular formula is C22H20F3N5O3. The van der Waals surface area contributed by atoms with Gasteiger partial charge >= 0.3 is 12.2 Å². The van der Waals surface area contributed by atoms with Gasteiger partial charge < -0.3 is 26.7 Å². The molecule has 1 aromatic heterocycles. The van der Waals surface area contributed by atoms with Gasteiger partial charge in [-0.2, -0.15) is 13.2 Å². The predicted octanol–water partition coefficient (Wildman–Crippen LogP) is 4.71. The van der Waals surface area contributed by atoms with E-state index in [4.69, 9.17) is 5.73 Å². The number of amides is 4. The monoisotopic (exact) mass is 459 g/mol. The van der Waals surface area contributed by atoms with Gasteiger partial charge in [0, 0.05) is 30.1 Å². The number of primary amides is 1. The van der Waals surface area contributed by atoms with Crippen LogP contribution in [-0.2, 0) is 11.0 Å². The van der Waals surface area contributed by atoms with Gasteiger partial charge in [0.25, 0.3) is 5.91 Å². The van der Waals surface area contributed by atoms with Crippen molar-refractivity contribution in [2.24, 2.45) is 5.73 Å². The smallest absolute Gasteiger partial charge is 0.365 e. The summed E-state index contributed by atoms with van der Waals surface area (Å²) in [5.74, 6) is -0.955. The normalized spacial score (nSPS) is 11.1. The van der Waals surface area contributed by atoms with E-state index < -0.39 is 23.7 Å². The molecule has 0 aliphatic rings. The number of nitrogens with two attached hydrogens (primary N) is 1. The molecular weight excluding hydrogens is 439 g/mol. The standard InChI is InChI=1S/C22H20F3N5O3/c1-11-3-6-15(9-17(11)22(23,24)25)30-21(33)29-14-7-4-13(5-8-14)16-10-27-20(28-12(2)31)18(16)19(26)32/h3-10,27H,1-2H3,(H2,26,32)(H,28,31)(H2,29,30,33). The zero-order valence-corrected chi connectivity index (χ0v) is 17.6. The Kier molecular flexibility index (Phi) is 6.43. The second kappa shape index (κ2) is 9.07. The first-order valence-electron chi connectivity index (χ1n) is 9.60. The van der Waals surface area contributed by atoms with Crippen LogP contribution in [0.3, 0.4) is 0 Å². The summed E-state index contributed by atoms with van der Waals surface area (Å²) in [5.41, 5.74) is 6.13. The molecule has 0 radical (unpaired) electrons. The molecule has 0 atom stereocenters. The number of urea groups is 1. The molecule has 172 valence electrons. The summed E-state index contributed by atoms with van der Waals surface area (Å²) in [4.78, 5) is 38.2. The Morgan fingerprint density at radius 2 is 1.55 bits per heavy atom. The fourth-order valence-electron chi connectivity index (χ4n) is 3.21. The summed E-state index contributed by atoms with van der Waals surface area (Å²) >= 11 is 0. The SMILES string of the molecule is CC(=O)Nc1[nH]cc(-c2ccc(NC(=O)Nc3ccc(C)c(C(F)(F)F)c3)cc2)c1C(N)=O. The maximum atomic E-state index is 13.1. The molecule has 0 aliphatic heterocycles. The highest BCUT2D eigenvalue weighted by atomic mass is 19.4. The van der Waals surface area contributed by atoms with Gasteiger partial charge in [0.05, 0.1) is 11.1 Å². The van der Waals surface area contributed by atoms with Gasteiger partial charge in [-0.25, -0.2) is 4.79 Å². The zero-order chi connectivity index (χ0) is 24.3. The van der Waals surface area contributed by atoms with E-state index in [1.165, 1.54) is 32.2 Å². The number of hydrogen-bond acceptors (Lipinski definition) is 3. The Labute approximate surface area is 186 Å². The number of carbonyl (C=O) groups excluding carboxylic acids is 3. The van der Waals surface area contributed by atoms with Crippen LogP contribution in [-0.4, -0.2) is 22.8 Å². The number of hydrogen-bond donors (Lipinski definition) is 5. The fraction of sp³-hybridized carbons (Fsp3) is 0.136. The minimum absolute atomic E-state index is 0.00836. The summed E-state index contributed by atoms with van der Waals surface area (Å²) in [6.45, 7) is 2.62. The maximum absolute atomic E-state index is 13.1. The number of benzene rings is 2. The topological polar surface area (TPSA) is 129 Å². The van der Waals surface area contributed by atoms with Crippen molar-refractivity contribution in [2.45, 2.75) is 20.0 Å². The molecule has 1 heterocycles. The first-order valence-corrected chi connectivity index (χ1v) is 9.60. The van der Waals surface area contributed by atoms with Crippen molar-refractivity contribution in [1.29, 1.82) is 0 Å². The lowest BCUT2D eigenvalue weighted by Gasteiger charge is -2.13. The quantitative estimate of drug-likeness (QED) is 0.379. The third-order valence-corrected chi connectivity index (χ3v) is 4.68. The van der Waals surface area contributed by atoms with Crippen molar-refractivity contribution in [3.8, 4) is 11.1 Å². The fourth-order valence-corrected chi connectivity index (χ4v) is 3.21. The molecule has 8 nitrogen and oxygen atoms in total. The van der Waals surface area contributed by atoms with E-state index in [0.717, 1.165) is 6.07 Å². The molecule has 33 heavy (non-hydrogen) atoms. The first-order chi connectivity index (χ1) is 15.5. The van der Waals surface area contributed by atoms with E-state index in [1.807, 2.05) is 0 Å². The van der Waals surface area contributed by atoms with Crippen LogP contribution in [0.2, 0.25) is 0 Å². The van der Waals surface area contributed by atoms with E-state index in [1.54, 1.807) is 24.3 Å². The van der Waals surface area contributed by atoms with Crippen LogP contribution in [0.5, 0.6) is 0 Å². The highest BCUT2D eigenvalue weighted by molar-refractivity contribution is 6.07. The molecule has 0 saturated heterocycles. The average molecular weight is 459 g/mol. The summed E-state index contributed by atoms with van der Waals surface area (Å²) in [5, 5.41) is 7.38. The lowest BCUT2D eigenvalue weighted by Crippen LogP contribution is -2.20. The molecule has 0 spiro atoms. The van der Waals surface area contributed by atoms with Crippen LogP contribution >= 0.6 is 0 Å². The van der Waals surface area contributed by atoms with Crippen LogP contribution in [0.25, 0.3) is 11.1 Å². The Morgan fingerprint density at radius 3 is 2.12 bits per heavy atom. The number of H-pyrrole nitrogens is 1. The number of anilines is 3. The summed E-state index contributed by atoms with van der Waals surface area (Å²) in [6.07, 6.45) is -3.02. The van der Waals surface area contributed by atoms with Crippen molar-refractivity contribution in [3.63, 3.8) is 0 Å². The van der Waals surface area contributed by atoms with Gasteiger partial charge in [0.1, 0.15) is 5.82 Å². The number of aryl methyl sites for hydroxylation is 1. The Morgan fingerprint density at radius 1 is 0.939 bits per heavy atom. The molecule has 0 bridgehead atoms. The van der Waals surface area contributed by atoms with Gasteiger partial charge in [-0.05, 0) is 42.3 Å². The van der Waals surface area contributed by atoms with Gasteiger partial charge in [0.2, 0.25) is 5.91 Å². The third-order valence-electron chi connectivity index (χ3n) is 4.68. The van der Waals surface area contributed by atoms with Gasteiger partial charge in [-0.3, -0.25) is 9.59 Å². The highest BCUT2D eigenvalue weighted by Gasteiger charge is 2.32. The number of aromatic amines is 1. The zero-order valence-electron chi connectivity index (χ0n) is 17.6. The van der Waals surface area contributed by atoms with Crippen LogP contribution in [0.1, 0.15) is 28.4 Å². The number of halogens is 3. The number of carbonyl (C=O) groups is 3. The molecule has 3 rings (SSSR count). The number of rotatable bonds is 5. The number of nitrogens with one attached hydrogen (secondary N) is 4. The van der Waals surface area contributed by atoms with Crippen LogP contribution in [0, 0.1) is 6.92 Å². The highest BCUT2D eigenvalue weighted by Crippen LogP contribution is 2.33. The lowest BCUT2D eigenvalue weighted by atomic mass is 10.0. The Hall–Kier alpha value is -4.28. The first kappa shape index (κ1) is 23.4. The Bertz CT molecular complexity index is 1220. The molecule has 6 N–H and O–H groups in total. The van der Waals surface area contributed by atoms with Gasteiger partial charge in [-0.1, -0.05) is 18.2 Å². The largest absolute Gasteiger partial charge is 0.416 e. The molecule has 0 fully saturated rings. The summed E-state index contributed by atoms with van der Waals surface area (Å²) in [7, 11) is 0. The molecule has 4 amide bonds. The second-order valence-corrected chi connectivity index (χ2v) is 7.18. The summed E-state index contributed by atoms with van der Waals surface area (Å²) in [6, 6.07) is 9.08. The average Bonchev–Trinajstić information content (AvgIpc) is 3.12. The van der Waals surface area contributed by atoms with Gasteiger partial charge in [0.15, 0.2) is 0 Å². The lowest BCUT2D eigenvalue weighted by molar-refractivity contribution is -0.138. The number of aromatic nitrogens is 1. The van der Waals surface area contributed by atoms with E-state index in [2.05, 4.69) is 20.9 Å². The molecule has 3 aromatic rings. The third kappa shape index (κ3) is 5.50. The van der Waals surface area contributed by atoms with E-state index in [0.29, 0.717) is 16.8 Å². The van der Waals surface area contributed by atoms with Crippen LogP contribution in [0.15, 0.2) is 48.7 Å². The van der Waals surface area contributed by atoms with Crippen LogP contribution in [0.4, 0.5) is 35.2 Å². The maximum Gasteiger partial charge on any atom is 0.416 e. The van der Waals surface area contributed by atoms with E-state index in [-0.39, 0.29) is 28.5 Å². The predicted molar refractivity (Wildman–Crippen MR) is 118 cm³/mol. The number of alkyl halides is 3. The minimum Gasteiger partial charge on any atom is -0.365 e. The minimum atomic E-state index is -4.53. The van der Waals surface area contributed by atoms with Crippen molar-refractivity contribution >= 4 is 35.0 Å². The van der Waals surface area contributed by atoms with E-state index in [9.17, 15) is 27.6 Å². The Balaban J connectivity index is 1.74. The molecule has 11 heteroatoms. The summed E-state index contributed by atoms with van der Waals surface area (Å²) < 4.78 is 39.2. The molecule has 0 unspecified atom stereocenters. The van der Waals surface area contributed by atoms with E-state index >= 15 is 0 Å². The second-order valence-electron chi connectivity index (χ2n) is 7.18. The van der Waals surface area contributed by atoms with Crippen molar-refractivity contribution in [2.75, 3.05) is 16.0 Å². The molecule has 0 saturated carbocycles. The van der Waals surface area contributed by atoms with Crippen molar-refractivity contribution < 1.29 is 27.6 Å².